The molecule has 0 radical (unpaired) electrons. The van der Waals surface area contributed by atoms with Gasteiger partial charge >= 0.3 is 0 Å². The third kappa shape index (κ3) is 2.99. The fraction of sp³-hybridized carbons (Fsp3) is 0. The first-order valence-electron chi connectivity index (χ1n) is 16.1. The van der Waals surface area contributed by atoms with Crippen molar-refractivity contribution in [3.8, 4) is 44.5 Å². The van der Waals surface area contributed by atoms with Gasteiger partial charge in [0.1, 0.15) is 0 Å². The maximum atomic E-state index is 2.43. The van der Waals surface area contributed by atoms with Crippen LogP contribution in [0.3, 0.4) is 0 Å². The molecule has 0 fully saturated rings. The van der Waals surface area contributed by atoms with Gasteiger partial charge in [-0.3, -0.25) is 0 Å². The van der Waals surface area contributed by atoms with Crippen LogP contribution in [-0.4, -0.2) is 0 Å². The van der Waals surface area contributed by atoms with Crippen LogP contribution in [0.1, 0.15) is 0 Å². The van der Waals surface area contributed by atoms with E-state index in [0.717, 1.165) is 0 Å². The molecular weight excluding hydrogens is 553 g/mol. The summed E-state index contributed by atoms with van der Waals surface area (Å²) in [7, 11) is 0. The van der Waals surface area contributed by atoms with Crippen molar-refractivity contribution in [1.82, 2.24) is 0 Å². The van der Waals surface area contributed by atoms with Gasteiger partial charge in [-0.15, -0.1) is 0 Å². The third-order valence-corrected chi connectivity index (χ3v) is 10.5. The molecule has 0 heteroatoms. The fourth-order valence-corrected chi connectivity index (χ4v) is 8.75. The van der Waals surface area contributed by atoms with E-state index < -0.39 is 0 Å². The smallest absolute Gasteiger partial charge is 0.000740 e. The van der Waals surface area contributed by atoms with Gasteiger partial charge in [0.25, 0.3) is 0 Å². The van der Waals surface area contributed by atoms with Gasteiger partial charge in [-0.25, -0.2) is 0 Å². The molecule has 0 saturated heterocycles. The summed E-state index contributed by atoms with van der Waals surface area (Å²) in [4.78, 5) is 0. The second kappa shape index (κ2) is 8.81. The van der Waals surface area contributed by atoms with Crippen molar-refractivity contribution in [2.45, 2.75) is 0 Å². The van der Waals surface area contributed by atoms with Crippen molar-refractivity contribution in [1.29, 1.82) is 0 Å². The van der Waals surface area contributed by atoms with Crippen molar-refractivity contribution in [3.05, 3.63) is 158 Å². The quantitative estimate of drug-likeness (QED) is 0.141. The van der Waals surface area contributed by atoms with Gasteiger partial charge in [0, 0.05) is 0 Å². The number of hydrogen-bond acceptors (Lipinski definition) is 0. The highest BCUT2D eigenvalue weighted by atomic mass is 14.3. The summed E-state index contributed by atoms with van der Waals surface area (Å²) < 4.78 is 0. The molecule has 10 aromatic carbocycles. The first-order valence-corrected chi connectivity index (χ1v) is 16.1. The molecule has 0 heterocycles. The predicted octanol–water partition coefficient (Wildman–Crippen LogP) is 13.0. The minimum atomic E-state index is 1.26. The summed E-state index contributed by atoms with van der Waals surface area (Å²) in [5.41, 5.74) is 10.5. The lowest BCUT2D eigenvalue weighted by atomic mass is 9.82. The SMILES string of the molecule is c1ccc(-c2c3c(c(-c4ccccc4)c4ccccc24)-c2ccc4c5cc6ccccc6c6cccc(c7ccc-3c2c74)c65)cc1. The molecule has 1 aliphatic carbocycles. The Morgan fingerprint density at radius 3 is 1.30 bits per heavy atom. The molecule has 0 aliphatic heterocycles. The van der Waals surface area contributed by atoms with E-state index in [9.17, 15) is 0 Å². The van der Waals surface area contributed by atoms with Gasteiger partial charge in [0.15, 0.2) is 0 Å². The molecule has 1 aliphatic rings. The second-order valence-corrected chi connectivity index (χ2v) is 12.7. The first-order chi connectivity index (χ1) is 22.9. The van der Waals surface area contributed by atoms with E-state index in [2.05, 4.69) is 158 Å². The predicted molar refractivity (Wildman–Crippen MR) is 198 cm³/mol. The zero-order valence-electron chi connectivity index (χ0n) is 25.0. The average Bonchev–Trinajstić information content (AvgIpc) is 3.46. The van der Waals surface area contributed by atoms with Crippen LogP contribution in [0.15, 0.2) is 158 Å². The molecule has 11 rings (SSSR count). The lowest BCUT2D eigenvalue weighted by Crippen LogP contribution is -1.93. The molecule has 0 saturated carbocycles. The van der Waals surface area contributed by atoms with Crippen LogP contribution in [0, 0.1) is 0 Å². The molecule has 46 heavy (non-hydrogen) atoms. The Hall–Kier alpha value is -5.98. The van der Waals surface area contributed by atoms with E-state index in [1.165, 1.54) is 109 Å². The maximum Gasteiger partial charge on any atom is -0.000740 e. The summed E-state index contributed by atoms with van der Waals surface area (Å²) in [6, 6.07) is 58.8. The van der Waals surface area contributed by atoms with Crippen LogP contribution < -0.4 is 0 Å². The largest absolute Gasteiger partial charge is 0.0622 e. The molecule has 210 valence electrons. The summed E-state index contributed by atoms with van der Waals surface area (Å²) in [6.07, 6.45) is 0. The van der Waals surface area contributed by atoms with Gasteiger partial charge < -0.3 is 0 Å². The van der Waals surface area contributed by atoms with Crippen molar-refractivity contribution in [3.63, 3.8) is 0 Å². The molecule has 0 atom stereocenters. The van der Waals surface area contributed by atoms with Gasteiger partial charge in [-0.2, -0.15) is 0 Å². The molecule has 0 spiro atoms. The lowest BCUT2D eigenvalue weighted by Gasteiger charge is -2.20. The van der Waals surface area contributed by atoms with E-state index in [1.807, 2.05) is 0 Å². The Kier molecular flexibility index (Phi) is 4.66. The van der Waals surface area contributed by atoms with E-state index in [-0.39, 0.29) is 0 Å². The normalized spacial score (nSPS) is 12.3. The average molecular weight is 579 g/mol. The Morgan fingerprint density at radius 1 is 0.239 bits per heavy atom. The van der Waals surface area contributed by atoms with Gasteiger partial charge in [-0.05, 0) is 115 Å². The number of benzene rings is 10. The minimum Gasteiger partial charge on any atom is -0.0622 e. The van der Waals surface area contributed by atoms with Crippen LogP contribution >= 0.6 is 0 Å². The molecule has 10 aromatic rings. The third-order valence-electron chi connectivity index (χ3n) is 10.5. The topological polar surface area (TPSA) is 0 Å². The van der Waals surface area contributed by atoms with Crippen LogP contribution in [0.5, 0.6) is 0 Å². The van der Waals surface area contributed by atoms with Gasteiger partial charge in [-0.1, -0.05) is 152 Å². The number of hydrogen-bond donors (Lipinski definition) is 0. The molecule has 0 unspecified atom stereocenters. The number of rotatable bonds is 2. The highest BCUT2D eigenvalue weighted by Gasteiger charge is 2.32. The van der Waals surface area contributed by atoms with Crippen molar-refractivity contribution in [2.24, 2.45) is 0 Å². The monoisotopic (exact) mass is 578 g/mol. The molecule has 0 aromatic heterocycles. The highest BCUT2D eigenvalue weighted by molar-refractivity contribution is 6.40. The molecule has 0 bridgehead atoms. The zero-order valence-corrected chi connectivity index (χ0v) is 25.0. The zero-order chi connectivity index (χ0) is 29.9. The number of fused-ring (bicyclic) bond motifs is 8. The molecule has 0 nitrogen and oxygen atoms in total. The van der Waals surface area contributed by atoms with Crippen molar-refractivity contribution in [2.75, 3.05) is 0 Å². The van der Waals surface area contributed by atoms with Gasteiger partial charge in [0.05, 0.1) is 0 Å². The second-order valence-electron chi connectivity index (χ2n) is 12.7. The van der Waals surface area contributed by atoms with Gasteiger partial charge in [0.2, 0.25) is 0 Å². The van der Waals surface area contributed by atoms with Crippen molar-refractivity contribution >= 4 is 64.6 Å². The lowest BCUT2D eigenvalue weighted by molar-refractivity contribution is 1.62. The fourth-order valence-electron chi connectivity index (χ4n) is 8.75. The van der Waals surface area contributed by atoms with E-state index in [4.69, 9.17) is 0 Å². The molecular formula is C46H26. The van der Waals surface area contributed by atoms with Crippen LogP contribution in [0.2, 0.25) is 0 Å². The summed E-state index contributed by atoms with van der Waals surface area (Å²) in [5, 5.41) is 16.0. The van der Waals surface area contributed by atoms with Crippen LogP contribution in [-0.2, 0) is 0 Å². The summed E-state index contributed by atoms with van der Waals surface area (Å²) >= 11 is 0. The first kappa shape index (κ1) is 24.4. The van der Waals surface area contributed by atoms with Crippen molar-refractivity contribution < 1.29 is 0 Å². The standard InChI is InChI=1S/C46H26/c1-3-12-27(13-4-1)40-32-18-9-10-19-33(32)41(28-14-5-2-6-15-28)46-38-25-23-36-39-26-29-16-7-8-17-30(29)31-20-11-21-34(42(31)39)35-22-24-37(45(40)46)44(38)43(35)36/h1-26H. The van der Waals surface area contributed by atoms with Crippen LogP contribution in [0.25, 0.3) is 109 Å². The minimum absolute atomic E-state index is 1.26. The van der Waals surface area contributed by atoms with E-state index in [1.54, 1.807) is 0 Å². The van der Waals surface area contributed by atoms with E-state index >= 15 is 0 Å². The Morgan fingerprint density at radius 2 is 0.696 bits per heavy atom. The molecule has 0 N–H and O–H groups in total. The van der Waals surface area contributed by atoms with E-state index in [0.29, 0.717) is 0 Å². The highest BCUT2D eigenvalue weighted by Crippen LogP contribution is 2.59. The van der Waals surface area contributed by atoms with Crippen LogP contribution in [0.4, 0.5) is 0 Å². The summed E-state index contributed by atoms with van der Waals surface area (Å²) in [6.45, 7) is 0. The Balaban J connectivity index is 1.39. The summed E-state index contributed by atoms with van der Waals surface area (Å²) in [5.74, 6) is 0. The Bertz CT molecular complexity index is 2780. The Labute approximate surface area is 266 Å². The molecule has 0 amide bonds. The maximum absolute atomic E-state index is 2.43.